The molecule has 0 radical (unpaired) electrons. The topological polar surface area (TPSA) is 58.4 Å². The van der Waals surface area contributed by atoms with Crippen LogP contribution in [0.4, 0.5) is 0 Å². The highest BCUT2D eigenvalue weighted by atomic mass is 16.1. The molecule has 0 rings (SSSR count). The highest BCUT2D eigenvalue weighted by Gasteiger charge is 1.88. The van der Waals surface area contributed by atoms with Gasteiger partial charge in [0.25, 0.3) is 0 Å². The third kappa shape index (κ3) is 16.1. The van der Waals surface area contributed by atoms with E-state index in [2.05, 4.69) is 29.9 Å². The van der Waals surface area contributed by atoms with E-state index in [1.807, 2.05) is 7.05 Å². The molecular weight excluding hydrogens is 154 g/mol. The van der Waals surface area contributed by atoms with E-state index in [4.69, 9.17) is 4.79 Å². The normalized spacial score (nSPS) is 8.33. The zero-order chi connectivity index (χ0) is 9.82. The molecule has 0 bridgehead atoms. The lowest BCUT2D eigenvalue weighted by Crippen LogP contribution is -2.26. The van der Waals surface area contributed by atoms with Gasteiger partial charge in [-0.3, -0.25) is 0 Å². The summed E-state index contributed by atoms with van der Waals surface area (Å²) in [6, 6.07) is 0. The third-order valence-corrected chi connectivity index (χ3v) is 1.35. The highest BCUT2D eigenvalue weighted by Crippen LogP contribution is 1.75. The van der Waals surface area contributed by atoms with Crippen molar-refractivity contribution in [3.8, 4) is 0 Å². The van der Waals surface area contributed by atoms with Gasteiger partial charge in [-0.15, -0.1) is 0 Å². The Hall–Kier alpha value is -0.830. The van der Waals surface area contributed by atoms with Crippen LogP contribution in [0.25, 0.3) is 0 Å². The van der Waals surface area contributed by atoms with Crippen LogP contribution < -0.4 is 11.1 Å². The van der Waals surface area contributed by atoms with Gasteiger partial charge in [0.2, 0.25) is 0 Å². The summed E-state index contributed by atoms with van der Waals surface area (Å²) in [4.78, 5) is 11.1. The standard InChI is InChI=1S/C6H16N2.C2H3NO/c1-4-8(3)6-5-7-2;3-1-2-4/h7H,4-6H2,1-3H3;1H,3H2. The van der Waals surface area contributed by atoms with Gasteiger partial charge in [0.1, 0.15) is 5.94 Å². The van der Waals surface area contributed by atoms with Gasteiger partial charge in [-0.1, -0.05) is 6.92 Å². The molecule has 0 aromatic heterocycles. The number of rotatable bonds is 4. The van der Waals surface area contributed by atoms with Crippen LogP contribution in [-0.4, -0.2) is 44.6 Å². The molecule has 0 spiro atoms. The van der Waals surface area contributed by atoms with Gasteiger partial charge >= 0.3 is 0 Å². The lowest BCUT2D eigenvalue weighted by molar-refractivity contribution is 0.354. The molecule has 4 heteroatoms. The fourth-order valence-electron chi connectivity index (χ4n) is 0.461. The van der Waals surface area contributed by atoms with Gasteiger partial charge in [-0.25, -0.2) is 4.79 Å². The molecule has 0 aliphatic rings. The van der Waals surface area contributed by atoms with Crippen LogP contribution in [0.2, 0.25) is 0 Å². The lowest BCUT2D eigenvalue weighted by Gasteiger charge is -2.11. The van der Waals surface area contributed by atoms with Gasteiger partial charge in [-0.05, 0) is 20.6 Å². The lowest BCUT2D eigenvalue weighted by atomic mass is 10.5. The predicted octanol–water partition coefficient (Wildman–Crippen LogP) is -0.552. The maximum absolute atomic E-state index is 8.87. The number of likely N-dealkylation sites (N-methyl/N-ethyl adjacent to an activating group) is 2. The van der Waals surface area contributed by atoms with Crippen molar-refractivity contribution in [1.82, 2.24) is 10.2 Å². The molecule has 0 amide bonds. The Morgan fingerprint density at radius 3 is 2.42 bits per heavy atom. The van der Waals surface area contributed by atoms with E-state index in [0.717, 1.165) is 25.8 Å². The van der Waals surface area contributed by atoms with E-state index in [1.54, 1.807) is 0 Å². The second-order valence-corrected chi connectivity index (χ2v) is 2.28. The van der Waals surface area contributed by atoms with Crippen LogP contribution in [0.3, 0.4) is 0 Å². The van der Waals surface area contributed by atoms with Crippen molar-refractivity contribution in [1.29, 1.82) is 0 Å². The Morgan fingerprint density at radius 1 is 1.67 bits per heavy atom. The van der Waals surface area contributed by atoms with Crippen LogP contribution in [0.15, 0.2) is 6.20 Å². The molecule has 4 nitrogen and oxygen atoms in total. The van der Waals surface area contributed by atoms with Gasteiger partial charge in [-0.2, -0.15) is 0 Å². The highest BCUT2D eigenvalue weighted by molar-refractivity contribution is 5.43. The average Bonchev–Trinajstić information content (AvgIpc) is 2.14. The summed E-state index contributed by atoms with van der Waals surface area (Å²) in [5.41, 5.74) is 4.48. The Kier molecular flexibility index (Phi) is 14.7. The Balaban J connectivity index is 0. The summed E-state index contributed by atoms with van der Waals surface area (Å²) in [5.74, 6) is 1.33. The van der Waals surface area contributed by atoms with Crippen molar-refractivity contribution in [3.63, 3.8) is 0 Å². The Morgan fingerprint density at radius 2 is 2.17 bits per heavy atom. The van der Waals surface area contributed by atoms with Crippen molar-refractivity contribution in [3.05, 3.63) is 6.20 Å². The second kappa shape index (κ2) is 12.8. The van der Waals surface area contributed by atoms with Crippen LogP contribution in [0, 0.1) is 0 Å². The van der Waals surface area contributed by atoms with E-state index >= 15 is 0 Å². The molecule has 72 valence electrons. The Bertz CT molecular complexity index is 121. The maximum atomic E-state index is 8.87. The molecule has 12 heavy (non-hydrogen) atoms. The minimum Gasteiger partial charge on any atom is -0.396 e. The van der Waals surface area contributed by atoms with E-state index in [0.29, 0.717) is 0 Å². The van der Waals surface area contributed by atoms with E-state index in [-0.39, 0.29) is 0 Å². The van der Waals surface area contributed by atoms with Gasteiger partial charge in [0.15, 0.2) is 0 Å². The fourth-order valence-corrected chi connectivity index (χ4v) is 0.461. The third-order valence-electron chi connectivity index (χ3n) is 1.35. The van der Waals surface area contributed by atoms with Crippen LogP contribution in [0.1, 0.15) is 6.92 Å². The van der Waals surface area contributed by atoms with E-state index < -0.39 is 0 Å². The zero-order valence-electron chi connectivity index (χ0n) is 8.13. The van der Waals surface area contributed by atoms with Crippen LogP contribution in [0.5, 0.6) is 0 Å². The van der Waals surface area contributed by atoms with E-state index in [1.165, 1.54) is 5.94 Å². The second-order valence-electron chi connectivity index (χ2n) is 2.28. The number of nitrogens with zero attached hydrogens (tertiary/aromatic N) is 1. The van der Waals surface area contributed by atoms with Crippen molar-refractivity contribution in [2.24, 2.45) is 5.73 Å². The summed E-state index contributed by atoms with van der Waals surface area (Å²) in [5, 5.41) is 3.09. The number of carbonyl (C=O) groups excluding carboxylic acids is 1. The molecule has 0 aliphatic carbocycles. The summed E-state index contributed by atoms with van der Waals surface area (Å²) < 4.78 is 0. The first-order valence-corrected chi connectivity index (χ1v) is 3.97. The molecule has 0 heterocycles. The van der Waals surface area contributed by atoms with Crippen LogP contribution in [-0.2, 0) is 4.79 Å². The molecule has 0 saturated heterocycles. The summed E-state index contributed by atoms with van der Waals surface area (Å²) in [6.07, 6.45) is 0.819. The minimum absolute atomic E-state index is 0.819. The number of nitrogens with one attached hydrogen (secondary N) is 1. The summed E-state index contributed by atoms with van der Waals surface area (Å²) >= 11 is 0. The molecule has 0 atom stereocenters. The van der Waals surface area contributed by atoms with Crippen LogP contribution >= 0.6 is 0 Å². The van der Waals surface area contributed by atoms with Crippen molar-refractivity contribution < 1.29 is 4.79 Å². The van der Waals surface area contributed by atoms with E-state index in [9.17, 15) is 0 Å². The predicted molar refractivity (Wildman–Crippen MR) is 51.5 cm³/mol. The molecular formula is C8H19N3O. The molecule has 0 aromatic carbocycles. The summed E-state index contributed by atoms with van der Waals surface area (Å²) in [7, 11) is 4.10. The van der Waals surface area contributed by atoms with Gasteiger partial charge in [0.05, 0.1) is 6.20 Å². The van der Waals surface area contributed by atoms with Gasteiger partial charge in [0, 0.05) is 13.1 Å². The monoisotopic (exact) mass is 173 g/mol. The molecule has 0 aliphatic heterocycles. The first kappa shape index (κ1) is 13.7. The maximum Gasteiger partial charge on any atom is 0.141 e. The minimum atomic E-state index is 0.819. The molecule has 3 N–H and O–H groups in total. The SMILES string of the molecule is CCN(C)CCNC.NC=C=O. The van der Waals surface area contributed by atoms with Crippen molar-refractivity contribution >= 4 is 5.94 Å². The number of hydrogen-bond acceptors (Lipinski definition) is 4. The molecule has 0 saturated carbocycles. The molecule has 0 unspecified atom stereocenters. The fraction of sp³-hybridized carbons (Fsp3) is 0.750. The molecule has 0 aromatic rings. The number of nitrogens with two attached hydrogens (primary N) is 1. The summed E-state index contributed by atoms with van der Waals surface area (Å²) in [6.45, 7) is 5.54. The van der Waals surface area contributed by atoms with Gasteiger partial charge < -0.3 is 16.0 Å². The largest absolute Gasteiger partial charge is 0.396 e. The average molecular weight is 173 g/mol. The molecule has 0 fully saturated rings. The van der Waals surface area contributed by atoms with Crippen molar-refractivity contribution in [2.45, 2.75) is 6.92 Å². The van der Waals surface area contributed by atoms with Crippen molar-refractivity contribution in [2.75, 3.05) is 33.7 Å². The zero-order valence-corrected chi connectivity index (χ0v) is 8.13. The first-order valence-electron chi connectivity index (χ1n) is 3.97. The first-order chi connectivity index (χ1) is 5.72. The number of hydrogen-bond donors (Lipinski definition) is 2. The quantitative estimate of drug-likeness (QED) is 0.560. The smallest absolute Gasteiger partial charge is 0.141 e. The Labute approximate surface area is 74.4 Å².